The highest BCUT2D eigenvalue weighted by molar-refractivity contribution is 4.98. The van der Waals surface area contributed by atoms with Crippen molar-refractivity contribution in [2.75, 3.05) is 0 Å². The lowest BCUT2D eigenvalue weighted by Crippen LogP contribution is -2.23. The highest BCUT2D eigenvalue weighted by Gasteiger charge is 2.01. The second-order valence-electron chi connectivity index (χ2n) is 4.89. The van der Waals surface area contributed by atoms with E-state index in [1.165, 1.54) is 24.8 Å². The van der Waals surface area contributed by atoms with Crippen molar-refractivity contribution in [2.45, 2.75) is 46.6 Å². The van der Waals surface area contributed by atoms with Gasteiger partial charge >= 0.3 is 0 Å². The van der Waals surface area contributed by atoms with Crippen LogP contribution in [-0.2, 0) is 13.6 Å². The molecule has 0 aliphatic heterocycles. The van der Waals surface area contributed by atoms with E-state index in [0.717, 1.165) is 12.5 Å². The Morgan fingerprint density at radius 2 is 2.25 bits per heavy atom. The van der Waals surface area contributed by atoms with E-state index in [1.807, 2.05) is 0 Å². The minimum Gasteiger partial charge on any atom is -0.240 e. The molecule has 2 nitrogen and oxygen atoms in total. The van der Waals surface area contributed by atoms with Crippen molar-refractivity contribution in [2.24, 2.45) is 13.0 Å². The summed E-state index contributed by atoms with van der Waals surface area (Å²) in [6, 6.07) is 0. The molecule has 0 spiro atoms. The fourth-order valence-electron chi connectivity index (χ4n) is 1.77. The minimum atomic E-state index is 0.855. The summed E-state index contributed by atoms with van der Waals surface area (Å²) in [6.07, 6.45) is 12.5. The summed E-state index contributed by atoms with van der Waals surface area (Å²) in [4.78, 5) is 0. The van der Waals surface area contributed by atoms with Crippen molar-refractivity contribution in [1.29, 1.82) is 0 Å². The molecule has 0 unspecified atom stereocenters. The molecule has 0 aliphatic carbocycles. The molecule has 16 heavy (non-hydrogen) atoms. The standard InChI is InChI=1S/C14H25N2/c1-5-13(2)7-6-8-14(3)11-16-10-9-15(4)12-16/h8-10,12-13H,5-7,11H2,1-4H3/q+1/b14-8+/t13-/m0/s1. The predicted octanol–water partition coefficient (Wildman–Crippen LogP) is 3.09. The third-order valence-electron chi connectivity index (χ3n) is 3.10. The molecular weight excluding hydrogens is 196 g/mol. The van der Waals surface area contributed by atoms with E-state index in [-0.39, 0.29) is 0 Å². The van der Waals surface area contributed by atoms with Crippen LogP contribution in [0.25, 0.3) is 0 Å². The zero-order valence-electron chi connectivity index (χ0n) is 11.1. The zero-order valence-corrected chi connectivity index (χ0v) is 11.1. The summed E-state index contributed by atoms with van der Waals surface area (Å²) >= 11 is 0. The molecule has 0 amide bonds. The zero-order chi connectivity index (χ0) is 12.0. The van der Waals surface area contributed by atoms with Gasteiger partial charge < -0.3 is 0 Å². The van der Waals surface area contributed by atoms with Crippen LogP contribution in [-0.4, -0.2) is 4.57 Å². The number of aromatic nitrogens is 2. The molecule has 0 saturated heterocycles. The fourth-order valence-corrected chi connectivity index (χ4v) is 1.77. The molecule has 0 N–H and O–H groups in total. The molecule has 1 rings (SSSR count). The number of hydrogen-bond acceptors (Lipinski definition) is 0. The Morgan fingerprint density at radius 3 is 2.81 bits per heavy atom. The van der Waals surface area contributed by atoms with E-state index in [0.29, 0.717) is 0 Å². The maximum atomic E-state index is 2.38. The van der Waals surface area contributed by atoms with Crippen molar-refractivity contribution < 1.29 is 4.57 Å². The summed E-state index contributed by atoms with van der Waals surface area (Å²) in [5.74, 6) is 0.855. The third kappa shape index (κ3) is 4.65. The van der Waals surface area contributed by atoms with Gasteiger partial charge in [0.25, 0.3) is 0 Å². The minimum absolute atomic E-state index is 0.855. The van der Waals surface area contributed by atoms with Crippen LogP contribution in [0.4, 0.5) is 0 Å². The van der Waals surface area contributed by atoms with E-state index in [1.54, 1.807) is 0 Å². The van der Waals surface area contributed by atoms with Gasteiger partial charge in [-0.3, -0.25) is 0 Å². The molecular formula is C14H25N2+. The van der Waals surface area contributed by atoms with Crippen LogP contribution in [0.15, 0.2) is 30.4 Å². The van der Waals surface area contributed by atoms with E-state index in [4.69, 9.17) is 0 Å². The van der Waals surface area contributed by atoms with Crippen molar-refractivity contribution >= 4 is 0 Å². The lowest BCUT2D eigenvalue weighted by atomic mass is 10.0. The first-order chi connectivity index (χ1) is 7.61. The van der Waals surface area contributed by atoms with E-state index in [9.17, 15) is 0 Å². The van der Waals surface area contributed by atoms with Gasteiger partial charge in [0.05, 0.1) is 7.05 Å². The first kappa shape index (κ1) is 13.0. The molecule has 0 aromatic carbocycles. The second kappa shape index (κ2) is 6.51. The summed E-state index contributed by atoms with van der Waals surface area (Å²) in [7, 11) is 2.05. The van der Waals surface area contributed by atoms with Crippen LogP contribution in [0.1, 0.15) is 40.0 Å². The van der Waals surface area contributed by atoms with Gasteiger partial charge in [-0.2, -0.15) is 0 Å². The molecule has 0 aliphatic rings. The summed E-state index contributed by atoms with van der Waals surface area (Å²) < 4.78 is 4.29. The second-order valence-corrected chi connectivity index (χ2v) is 4.89. The summed E-state index contributed by atoms with van der Waals surface area (Å²) in [5.41, 5.74) is 1.46. The lowest BCUT2D eigenvalue weighted by Gasteiger charge is -2.05. The Bertz CT molecular complexity index is 336. The van der Waals surface area contributed by atoms with Crippen molar-refractivity contribution in [3.63, 3.8) is 0 Å². The Balaban J connectivity index is 2.34. The highest BCUT2D eigenvalue weighted by atomic mass is 15.1. The predicted molar refractivity (Wildman–Crippen MR) is 68.1 cm³/mol. The van der Waals surface area contributed by atoms with Crippen LogP contribution in [0, 0.1) is 5.92 Å². The van der Waals surface area contributed by atoms with Gasteiger partial charge in [-0.25, -0.2) is 9.13 Å². The van der Waals surface area contributed by atoms with E-state index >= 15 is 0 Å². The molecule has 90 valence electrons. The van der Waals surface area contributed by atoms with Crippen molar-refractivity contribution in [3.05, 3.63) is 30.4 Å². The van der Waals surface area contributed by atoms with Crippen LogP contribution in [0.3, 0.4) is 0 Å². The molecule has 1 heterocycles. The number of allylic oxidation sites excluding steroid dienone is 2. The van der Waals surface area contributed by atoms with Crippen LogP contribution in [0.2, 0.25) is 0 Å². The average molecular weight is 221 g/mol. The van der Waals surface area contributed by atoms with Gasteiger partial charge in [-0.05, 0) is 31.3 Å². The lowest BCUT2D eigenvalue weighted by molar-refractivity contribution is -0.671. The largest absolute Gasteiger partial charge is 0.243 e. The number of nitrogens with zero attached hydrogens (tertiary/aromatic N) is 2. The Morgan fingerprint density at radius 1 is 1.50 bits per heavy atom. The van der Waals surface area contributed by atoms with Crippen molar-refractivity contribution in [3.8, 4) is 0 Å². The number of hydrogen-bond donors (Lipinski definition) is 0. The maximum Gasteiger partial charge on any atom is 0.243 e. The van der Waals surface area contributed by atoms with Crippen LogP contribution in [0.5, 0.6) is 0 Å². The molecule has 0 radical (unpaired) electrons. The van der Waals surface area contributed by atoms with Crippen LogP contribution >= 0.6 is 0 Å². The maximum absolute atomic E-state index is 2.38. The van der Waals surface area contributed by atoms with Gasteiger partial charge in [0.1, 0.15) is 18.9 Å². The summed E-state index contributed by atoms with van der Waals surface area (Å²) in [5, 5.41) is 0. The van der Waals surface area contributed by atoms with E-state index in [2.05, 4.69) is 61.8 Å². The number of imidazole rings is 1. The highest BCUT2D eigenvalue weighted by Crippen LogP contribution is 2.11. The van der Waals surface area contributed by atoms with Gasteiger partial charge in [0, 0.05) is 0 Å². The quantitative estimate of drug-likeness (QED) is 0.515. The topological polar surface area (TPSA) is 8.81 Å². The van der Waals surface area contributed by atoms with Gasteiger partial charge in [-0.15, -0.1) is 0 Å². The molecule has 2 heteroatoms. The third-order valence-corrected chi connectivity index (χ3v) is 3.10. The molecule has 0 fully saturated rings. The Kier molecular flexibility index (Phi) is 5.30. The smallest absolute Gasteiger partial charge is 0.240 e. The molecule has 0 bridgehead atoms. The fraction of sp³-hybridized carbons (Fsp3) is 0.643. The summed E-state index contributed by atoms with van der Waals surface area (Å²) in [6.45, 7) is 7.83. The first-order valence-corrected chi connectivity index (χ1v) is 6.28. The molecule has 1 aromatic rings. The Labute approximate surface area is 99.6 Å². The monoisotopic (exact) mass is 221 g/mol. The molecule has 1 atom stereocenters. The molecule has 1 aromatic heterocycles. The first-order valence-electron chi connectivity index (χ1n) is 6.28. The number of aryl methyl sites for hydroxylation is 1. The average Bonchev–Trinajstić information content (AvgIpc) is 2.63. The van der Waals surface area contributed by atoms with Gasteiger partial charge in [-0.1, -0.05) is 26.3 Å². The SMILES string of the molecule is CC[C@H](C)CC/C=C(\C)Cn1cc[n+](C)c1. The Hall–Kier alpha value is -1.05. The van der Waals surface area contributed by atoms with Gasteiger partial charge in [0.15, 0.2) is 0 Å². The normalized spacial score (nSPS) is 14.1. The molecule has 0 saturated carbocycles. The van der Waals surface area contributed by atoms with Crippen molar-refractivity contribution in [1.82, 2.24) is 4.57 Å². The number of rotatable bonds is 6. The van der Waals surface area contributed by atoms with Crippen LogP contribution < -0.4 is 4.57 Å². The van der Waals surface area contributed by atoms with E-state index < -0.39 is 0 Å². The van der Waals surface area contributed by atoms with Gasteiger partial charge in [0.2, 0.25) is 6.33 Å².